The fraction of sp³-hybridized carbons (Fsp3) is 0.286. The molecule has 45 heavy (non-hydrogen) atoms. The van der Waals surface area contributed by atoms with Crippen LogP contribution in [-0.4, -0.2) is 30.1 Å². The van der Waals surface area contributed by atoms with E-state index < -0.39 is 0 Å². The molecule has 1 aromatic heterocycles. The van der Waals surface area contributed by atoms with Crippen LogP contribution in [0.5, 0.6) is 23.0 Å². The molecule has 3 aromatic carbocycles. The number of pyridine rings is 1. The molecule has 0 radical (unpaired) electrons. The van der Waals surface area contributed by atoms with Gasteiger partial charge >= 0.3 is 0 Å². The Hall–Kier alpha value is -4.78. The maximum absolute atomic E-state index is 13.4. The molecule has 6 rings (SSSR count). The molecule has 1 fully saturated rings. The summed E-state index contributed by atoms with van der Waals surface area (Å²) in [5.74, 6) is 2.81. The summed E-state index contributed by atoms with van der Waals surface area (Å²) < 4.78 is 25.1. The molecule has 1 aliphatic heterocycles. The van der Waals surface area contributed by atoms with Crippen molar-refractivity contribution in [3.05, 3.63) is 111 Å². The van der Waals surface area contributed by atoms with E-state index >= 15 is 0 Å². The first-order valence-electron chi connectivity index (χ1n) is 14.9. The lowest BCUT2D eigenvalue weighted by Gasteiger charge is -2.19. The van der Waals surface area contributed by atoms with Crippen LogP contribution in [0.3, 0.4) is 0 Å². The number of rotatable bonds is 11. The van der Waals surface area contributed by atoms with Crippen LogP contribution in [0.2, 0.25) is 5.02 Å². The maximum Gasteiger partial charge on any atom is 0.261 e. The van der Waals surface area contributed by atoms with Crippen LogP contribution in [0.1, 0.15) is 41.5 Å². The lowest BCUT2D eigenvalue weighted by Crippen LogP contribution is -2.23. The van der Waals surface area contributed by atoms with E-state index in [1.807, 2.05) is 18.2 Å². The summed E-state index contributed by atoms with van der Waals surface area (Å²) in [7, 11) is 0. The van der Waals surface area contributed by atoms with E-state index in [-0.39, 0.29) is 18.8 Å². The molecule has 0 saturated heterocycles. The minimum atomic E-state index is -0.231. The number of Topliss-reactive ketones (excluding diaryl/α,β-unsaturated/α-hetero) is 1. The average molecular weight is 626 g/mol. The summed E-state index contributed by atoms with van der Waals surface area (Å²) in [5.41, 5.74) is 3.09. The highest BCUT2D eigenvalue weighted by Gasteiger charge is 2.22. The van der Waals surface area contributed by atoms with Crippen molar-refractivity contribution in [2.45, 2.75) is 39.0 Å². The lowest BCUT2D eigenvalue weighted by atomic mass is 10.1. The van der Waals surface area contributed by atoms with Gasteiger partial charge in [0.2, 0.25) is 0 Å². The monoisotopic (exact) mass is 625 g/mol. The Labute approximate surface area is 265 Å². The number of fused-ring (bicyclic) bond motifs is 1. The third-order valence-electron chi connectivity index (χ3n) is 7.87. The van der Waals surface area contributed by atoms with Gasteiger partial charge in [-0.2, -0.15) is 5.26 Å². The minimum absolute atomic E-state index is 0.0130. The molecule has 0 amide bonds. The molecule has 0 unspecified atom stereocenters. The molecule has 1 atom stereocenters. The third-order valence-corrected chi connectivity index (χ3v) is 8.17. The standard InChI is InChI=1S/C35H32ClN3O6/c36-30-15-27(20-38-19-24-6-8-29(40)14-24)32(44-21-25-4-1-3-23(13-25)18-37)17-33(30)45-22-26-5-2-10-39(35(26)41)28-7-9-31-34(16-28)43-12-11-42-31/h1-5,7,9-10,13,15-17,24,38H,6,8,11-12,14,19-22H2/t24-/m1/s1. The first-order valence-corrected chi connectivity index (χ1v) is 15.2. The van der Waals surface area contributed by atoms with Crippen molar-refractivity contribution in [3.63, 3.8) is 0 Å². The highest BCUT2D eigenvalue weighted by molar-refractivity contribution is 6.32. The number of carbonyl (C=O) groups excluding carboxylic acids is 1. The molecule has 4 aromatic rings. The van der Waals surface area contributed by atoms with E-state index in [0.29, 0.717) is 89.1 Å². The van der Waals surface area contributed by atoms with Gasteiger partial charge in [-0.15, -0.1) is 0 Å². The van der Waals surface area contributed by atoms with Gasteiger partial charge in [0.15, 0.2) is 11.5 Å². The minimum Gasteiger partial charge on any atom is -0.488 e. The zero-order valence-electron chi connectivity index (χ0n) is 24.6. The molecule has 2 heterocycles. The molecular weight excluding hydrogens is 594 g/mol. The van der Waals surface area contributed by atoms with Gasteiger partial charge in [-0.05, 0) is 66.9 Å². The van der Waals surface area contributed by atoms with Crippen molar-refractivity contribution in [3.8, 4) is 34.8 Å². The number of ketones is 1. The molecule has 1 aliphatic carbocycles. The number of ether oxygens (including phenoxy) is 4. The van der Waals surface area contributed by atoms with Crippen molar-refractivity contribution in [2.75, 3.05) is 19.8 Å². The Morgan fingerprint density at radius 3 is 2.60 bits per heavy atom. The van der Waals surface area contributed by atoms with Gasteiger partial charge < -0.3 is 24.3 Å². The summed E-state index contributed by atoms with van der Waals surface area (Å²) in [6.07, 6.45) is 3.84. The fourth-order valence-electron chi connectivity index (χ4n) is 5.52. The van der Waals surface area contributed by atoms with Crippen molar-refractivity contribution >= 4 is 17.4 Å². The number of nitrogens with one attached hydrogen (secondary N) is 1. The topological polar surface area (TPSA) is 112 Å². The van der Waals surface area contributed by atoms with Gasteiger partial charge in [0.1, 0.15) is 43.7 Å². The Kier molecular flexibility index (Phi) is 9.34. The zero-order chi connectivity index (χ0) is 31.2. The lowest BCUT2D eigenvalue weighted by molar-refractivity contribution is -0.117. The Morgan fingerprint density at radius 1 is 0.933 bits per heavy atom. The average Bonchev–Trinajstić information content (AvgIpc) is 3.48. The van der Waals surface area contributed by atoms with E-state index in [1.54, 1.807) is 54.7 Å². The molecule has 0 spiro atoms. The van der Waals surface area contributed by atoms with E-state index in [0.717, 1.165) is 24.1 Å². The first-order chi connectivity index (χ1) is 22.0. The van der Waals surface area contributed by atoms with Gasteiger partial charge in [-0.25, -0.2) is 0 Å². The molecule has 2 aliphatic rings. The summed E-state index contributed by atoms with van der Waals surface area (Å²) in [6.45, 7) is 2.36. The van der Waals surface area contributed by atoms with Crippen molar-refractivity contribution in [2.24, 2.45) is 5.92 Å². The highest BCUT2D eigenvalue weighted by atomic mass is 35.5. The Morgan fingerprint density at radius 2 is 1.78 bits per heavy atom. The van der Waals surface area contributed by atoms with Crippen LogP contribution < -0.4 is 29.8 Å². The second-order valence-electron chi connectivity index (χ2n) is 11.1. The molecular formula is C35H32ClN3O6. The van der Waals surface area contributed by atoms with Gasteiger partial charge in [0.05, 0.1) is 27.9 Å². The van der Waals surface area contributed by atoms with Crippen LogP contribution in [0, 0.1) is 17.2 Å². The van der Waals surface area contributed by atoms with E-state index in [2.05, 4.69) is 11.4 Å². The summed E-state index contributed by atoms with van der Waals surface area (Å²) >= 11 is 6.69. The van der Waals surface area contributed by atoms with E-state index in [4.69, 9.17) is 30.5 Å². The Balaban J connectivity index is 1.20. The van der Waals surface area contributed by atoms with E-state index in [1.165, 1.54) is 4.57 Å². The van der Waals surface area contributed by atoms with Crippen LogP contribution in [0.25, 0.3) is 5.69 Å². The maximum atomic E-state index is 13.4. The second-order valence-corrected chi connectivity index (χ2v) is 11.5. The molecule has 230 valence electrons. The number of hydrogen-bond donors (Lipinski definition) is 1. The van der Waals surface area contributed by atoms with Crippen molar-refractivity contribution in [1.29, 1.82) is 5.26 Å². The number of nitriles is 1. The van der Waals surface area contributed by atoms with Crippen molar-refractivity contribution < 1.29 is 23.7 Å². The molecule has 10 heteroatoms. The molecule has 9 nitrogen and oxygen atoms in total. The number of benzene rings is 3. The predicted molar refractivity (Wildman–Crippen MR) is 168 cm³/mol. The highest BCUT2D eigenvalue weighted by Crippen LogP contribution is 2.35. The fourth-order valence-corrected chi connectivity index (χ4v) is 5.76. The number of hydrogen-bond acceptors (Lipinski definition) is 8. The second kappa shape index (κ2) is 13.9. The van der Waals surface area contributed by atoms with Gasteiger partial charge in [0.25, 0.3) is 5.56 Å². The van der Waals surface area contributed by atoms with Crippen molar-refractivity contribution in [1.82, 2.24) is 9.88 Å². The number of aromatic nitrogens is 1. The number of halogens is 1. The summed E-state index contributed by atoms with van der Waals surface area (Å²) in [5, 5.41) is 13.1. The SMILES string of the molecule is N#Cc1cccc(COc2cc(OCc3cccn(-c4ccc5c(c4)OCCO5)c3=O)c(Cl)cc2CNC[C@@H]2CCC(=O)C2)c1. The molecule has 1 saturated carbocycles. The van der Waals surface area contributed by atoms with Crippen LogP contribution in [0.15, 0.2) is 77.7 Å². The zero-order valence-corrected chi connectivity index (χ0v) is 25.3. The molecule has 1 N–H and O–H groups in total. The van der Waals surface area contributed by atoms with Crippen LogP contribution in [-0.2, 0) is 24.6 Å². The largest absolute Gasteiger partial charge is 0.488 e. The summed E-state index contributed by atoms with van der Waals surface area (Å²) in [6, 6.07) is 21.8. The number of carbonyl (C=O) groups is 1. The molecule has 0 bridgehead atoms. The van der Waals surface area contributed by atoms with Gasteiger partial charge in [-0.3, -0.25) is 14.2 Å². The third kappa shape index (κ3) is 7.31. The number of nitrogens with zero attached hydrogens (tertiary/aromatic N) is 2. The van der Waals surface area contributed by atoms with E-state index in [9.17, 15) is 14.9 Å². The predicted octanol–water partition coefficient (Wildman–Crippen LogP) is 5.75. The van der Waals surface area contributed by atoms with Gasteiger partial charge in [0, 0.05) is 43.3 Å². The van der Waals surface area contributed by atoms with Crippen LogP contribution in [0.4, 0.5) is 0 Å². The first kappa shape index (κ1) is 30.3. The Bertz CT molecular complexity index is 1810. The smallest absolute Gasteiger partial charge is 0.261 e. The summed E-state index contributed by atoms with van der Waals surface area (Å²) in [4.78, 5) is 25.1. The normalized spacial score (nSPS) is 15.5. The quantitative estimate of drug-likeness (QED) is 0.224. The van der Waals surface area contributed by atoms with Crippen LogP contribution >= 0.6 is 11.6 Å². The van der Waals surface area contributed by atoms with Gasteiger partial charge in [-0.1, -0.05) is 23.7 Å².